The van der Waals surface area contributed by atoms with Gasteiger partial charge in [-0.1, -0.05) is 11.2 Å². The van der Waals surface area contributed by atoms with Crippen LogP contribution in [0.25, 0.3) is 10.6 Å². The first-order valence-electron chi connectivity index (χ1n) is 5.00. The highest BCUT2D eigenvalue weighted by molar-refractivity contribution is 7.13. The summed E-state index contributed by atoms with van der Waals surface area (Å²) in [6, 6.07) is 5.37. The Hall–Kier alpha value is -2.48. The number of carbonyl (C=O) groups excluding carboxylic acids is 1. The zero-order valence-corrected chi connectivity index (χ0v) is 9.77. The molecule has 0 radical (unpaired) electrons. The average molecular weight is 261 g/mol. The van der Waals surface area contributed by atoms with Gasteiger partial charge in [-0.15, -0.1) is 11.3 Å². The minimum atomic E-state index is -0.404. The molecule has 0 atom stereocenters. The first-order valence-corrected chi connectivity index (χ1v) is 5.88. The van der Waals surface area contributed by atoms with Crippen LogP contribution in [0.3, 0.4) is 0 Å². The number of hydrogen-bond acceptors (Lipinski definition) is 6. The molecule has 0 spiro atoms. The highest BCUT2D eigenvalue weighted by atomic mass is 32.1. The van der Waals surface area contributed by atoms with Gasteiger partial charge in [0.2, 0.25) is 5.95 Å². The number of anilines is 1. The summed E-state index contributed by atoms with van der Waals surface area (Å²) < 4.78 is 5.10. The molecule has 8 heteroatoms. The molecule has 3 rings (SSSR count). The third kappa shape index (κ3) is 2.00. The van der Waals surface area contributed by atoms with Gasteiger partial charge in [-0.05, 0) is 11.4 Å². The van der Waals surface area contributed by atoms with E-state index in [-0.39, 0.29) is 11.6 Å². The number of aromatic nitrogens is 4. The minimum absolute atomic E-state index is 0.190. The Balaban J connectivity index is 1.79. The van der Waals surface area contributed by atoms with Gasteiger partial charge < -0.3 is 4.52 Å². The van der Waals surface area contributed by atoms with Crippen molar-refractivity contribution in [2.24, 2.45) is 0 Å². The third-order valence-corrected chi connectivity index (χ3v) is 3.04. The molecular formula is C10H7N5O2S. The van der Waals surface area contributed by atoms with Gasteiger partial charge in [0.15, 0.2) is 11.5 Å². The fourth-order valence-electron chi connectivity index (χ4n) is 1.35. The van der Waals surface area contributed by atoms with E-state index in [4.69, 9.17) is 4.52 Å². The van der Waals surface area contributed by atoms with Gasteiger partial charge in [-0.2, -0.15) is 10.1 Å². The van der Waals surface area contributed by atoms with E-state index in [2.05, 4.69) is 25.7 Å². The molecule has 1 amide bonds. The van der Waals surface area contributed by atoms with Crippen LogP contribution in [-0.2, 0) is 0 Å². The largest absolute Gasteiger partial charge is 0.355 e. The summed E-state index contributed by atoms with van der Waals surface area (Å²) in [5.74, 6) is 0.423. The van der Waals surface area contributed by atoms with Gasteiger partial charge in [0, 0.05) is 6.07 Å². The van der Waals surface area contributed by atoms with E-state index in [9.17, 15) is 4.79 Å². The molecule has 7 nitrogen and oxygen atoms in total. The minimum Gasteiger partial charge on any atom is -0.355 e. The Kier molecular flexibility index (Phi) is 2.61. The molecule has 0 aromatic carbocycles. The van der Waals surface area contributed by atoms with Crippen LogP contribution in [0.4, 0.5) is 5.95 Å². The van der Waals surface area contributed by atoms with Crippen molar-refractivity contribution in [3.8, 4) is 10.6 Å². The molecule has 0 aliphatic heterocycles. The van der Waals surface area contributed by atoms with Gasteiger partial charge in [-0.25, -0.2) is 5.10 Å². The fourth-order valence-corrected chi connectivity index (χ4v) is 2.03. The summed E-state index contributed by atoms with van der Waals surface area (Å²) in [7, 11) is 0. The van der Waals surface area contributed by atoms with E-state index < -0.39 is 5.91 Å². The Morgan fingerprint density at radius 3 is 3.17 bits per heavy atom. The van der Waals surface area contributed by atoms with Gasteiger partial charge in [0.05, 0.1) is 4.88 Å². The first kappa shape index (κ1) is 10.7. The van der Waals surface area contributed by atoms with Crippen molar-refractivity contribution >= 4 is 23.2 Å². The molecule has 0 saturated carbocycles. The van der Waals surface area contributed by atoms with E-state index in [1.165, 1.54) is 17.7 Å². The van der Waals surface area contributed by atoms with Crippen molar-refractivity contribution in [1.29, 1.82) is 0 Å². The zero-order chi connectivity index (χ0) is 12.4. The molecule has 18 heavy (non-hydrogen) atoms. The lowest BCUT2D eigenvalue weighted by Gasteiger charge is -1.94. The number of nitrogens with one attached hydrogen (secondary N) is 2. The van der Waals surface area contributed by atoms with Crippen LogP contribution in [-0.4, -0.2) is 26.2 Å². The highest BCUT2D eigenvalue weighted by Crippen LogP contribution is 2.25. The highest BCUT2D eigenvalue weighted by Gasteiger charge is 2.15. The second-order valence-corrected chi connectivity index (χ2v) is 4.29. The molecule has 0 saturated heterocycles. The number of amides is 1. The Bertz CT molecular complexity index is 644. The van der Waals surface area contributed by atoms with Gasteiger partial charge in [0.25, 0.3) is 5.91 Å². The standard InChI is InChI=1S/C10H7N5O2S/c16-9(13-10-11-5-12-14-10)6-4-7(17-15-6)8-2-1-3-18-8/h1-5H,(H2,11,12,13,14,16). The van der Waals surface area contributed by atoms with E-state index in [1.54, 1.807) is 6.07 Å². The quantitative estimate of drug-likeness (QED) is 0.749. The summed E-state index contributed by atoms with van der Waals surface area (Å²) in [6.07, 6.45) is 1.30. The summed E-state index contributed by atoms with van der Waals surface area (Å²) in [5.41, 5.74) is 0.190. The van der Waals surface area contributed by atoms with Crippen LogP contribution in [0.2, 0.25) is 0 Å². The van der Waals surface area contributed by atoms with Crippen LogP contribution >= 0.6 is 11.3 Å². The second-order valence-electron chi connectivity index (χ2n) is 3.34. The van der Waals surface area contributed by atoms with E-state index in [0.717, 1.165) is 4.88 Å². The Morgan fingerprint density at radius 1 is 1.50 bits per heavy atom. The van der Waals surface area contributed by atoms with Gasteiger partial charge in [0.1, 0.15) is 6.33 Å². The lowest BCUT2D eigenvalue weighted by molar-refractivity contribution is 0.101. The molecule has 3 aromatic rings. The van der Waals surface area contributed by atoms with Crippen molar-refractivity contribution < 1.29 is 9.32 Å². The van der Waals surface area contributed by atoms with Crippen LogP contribution in [0.5, 0.6) is 0 Å². The van der Waals surface area contributed by atoms with Crippen molar-refractivity contribution in [2.45, 2.75) is 0 Å². The normalized spacial score (nSPS) is 10.4. The second kappa shape index (κ2) is 4.41. The van der Waals surface area contributed by atoms with Crippen molar-refractivity contribution in [2.75, 3.05) is 5.32 Å². The molecule has 0 unspecified atom stereocenters. The topological polar surface area (TPSA) is 96.7 Å². The number of rotatable bonds is 3. The summed E-state index contributed by atoms with van der Waals surface area (Å²) >= 11 is 1.51. The summed E-state index contributed by atoms with van der Waals surface area (Å²) in [5, 5.41) is 14.3. The molecule has 0 bridgehead atoms. The number of H-pyrrole nitrogens is 1. The predicted molar refractivity (Wildman–Crippen MR) is 64.2 cm³/mol. The van der Waals surface area contributed by atoms with Crippen LogP contribution < -0.4 is 5.32 Å². The first-order chi connectivity index (χ1) is 8.83. The molecule has 3 heterocycles. The monoisotopic (exact) mass is 261 g/mol. The number of aromatic amines is 1. The van der Waals surface area contributed by atoms with Crippen LogP contribution in [0.1, 0.15) is 10.5 Å². The number of carbonyl (C=O) groups is 1. The summed E-state index contributed by atoms with van der Waals surface area (Å²) in [6.45, 7) is 0. The van der Waals surface area contributed by atoms with E-state index >= 15 is 0 Å². The third-order valence-electron chi connectivity index (χ3n) is 2.15. The molecular weight excluding hydrogens is 254 g/mol. The number of hydrogen-bond donors (Lipinski definition) is 2. The predicted octanol–water partition coefficient (Wildman–Crippen LogP) is 1.77. The molecule has 3 aromatic heterocycles. The number of nitrogens with zero attached hydrogens (tertiary/aromatic N) is 3. The van der Waals surface area contributed by atoms with Crippen molar-refractivity contribution in [3.63, 3.8) is 0 Å². The lowest BCUT2D eigenvalue weighted by atomic mass is 10.3. The van der Waals surface area contributed by atoms with Crippen molar-refractivity contribution in [3.05, 3.63) is 35.6 Å². The maximum absolute atomic E-state index is 11.8. The smallest absolute Gasteiger partial charge is 0.280 e. The number of thiophene rings is 1. The maximum Gasteiger partial charge on any atom is 0.280 e. The lowest BCUT2D eigenvalue weighted by Crippen LogP contribution is -2.13. The zero-order valence-electron chi connectivity index (χ0n) is 8.95. The van der Waals surface area contributed by atoms with E-state index in [1.807, 2.05) is 17.5 Å². The molecule has 2 N–H and O–H groups in total. The van der Waals surface area contributed by atoms with E-state index in [0.29, 0.717) is 5.76 Å². The van der Waals surface area contributed by atoms with Crippen LogP contribution in [0, 0.1) is 0 Å². The van der Waals surface area contributed by atoms with Crippen LogP contribution in [0.15, 0.2) is 34.4 Å². The molecule has 0 aliphatic rings. The average Bonchev–Trinajstić information content (AvgIpc) is 3.11. The summed E-state index contributed by atoms with van der Waals surface area (Å²) in [4.78, 5) is 16.5. The molecule has 90 valence electrons. The van der Waals surface area contributed by atoms with Crippen molar-refractivity contribution in [1.82, 2.24) is 20.3 Å². The maximum atomic E-state index is 11.8. The molecule has 0 aliphatic carbocycles. The fraction of sp³-hybridized carbons (Fsp3) is 0. The van der Waals surface area contributed by atoms with Gasteiger partial charge in [-0.3, -0.25) is 10.1 Å². The molecule has 0 fully saturated rings. The Morgan fingerprint density at radius 2 is 2.44 bits per heavy atom. The Labute approximate surface area is 105 Å². The SMILES string of the molecule is O=C(Nc1ncn[nH]1)c1cc(-c2cccs2)on1. The van der Waals surface area contributed by atoms with Gasteiger partial charge >= 0.3 is 0 Å².